The Kier molecular flexibility index (Phi) is 6.84. The van der Waals surface area contributed by atoms with E-state index in [0.717, 1.165) is 22.9 Å². The predicted octanol–water partition coefficient (Wildman–Crippen LogP) is 6.95. The zero-order valence-corrected chi connectivity index (χ0v) is 18.9. The van der Waals surface area contributed by atoms with Crippen molar-refractivity contribution in [1.82, 2.24) is 4.90 Å². The molecular weight excluding hydrogens is 472 g/mol. The molecular formula is C24H16Cl2FNO3S. The Hall–Kier alpha value is -2.80. The van der Waals surface area contributed by atoms with Gasteiger partial charge in [-0.2, -0.15) is 0 Å². The first-order valence-electron chi connectivity index (χ1n) is 9.56. The Morgan fingerprint density at radius 3 is 2.38 bits per heavy atom. The first-order chi connectivity index (χ1) is 15.4. The summed E-state index contributed by atoms with van der Waals surface area (Å²) < 4.78 is 19.5. The van der Waals surface area contributed by atoms with Crippen LogP contribution in [0.25, 0.3) is 6.08 Å². The van der Waals surface area contributed by atoms with E-state index < -0.39 is 5.82 Å². The fraction of sp³-hybridized carbons (Fsp3) is 0.0833. The number of ether oxygens (including phenoxy) is 1. The second-order valence-corrected chi connectivity index (χ2v) is 8.79. The third-order valence-electron chi connectivity index (χ3n) is 4.75. The monoisotopic (exact) mass is 487 g/mol. The number of amides is 2. The lowest BCUT2D eigenvalue weighted by molar-refractivity contribution is -0.123. The van der Waals surface area contributed by atoms with Crippen LogP contribution in [0, 0.1) is 5.82 Å². The molecule has 4 rings (SSSR count). The van der Waals surface area contributed by atoms with E-state index in [1.165, 1.54) is 17.0 Å². The van der Waals surface area contributed by atoms with E-state index in [9.17, 15) is 14.0 Å². The highest BCUT2D eigenvalue weighted by Gasteiger charge is 2.34. The maximum Gasteiger partial charge on any atom is 0.293 e. The van der Waals surface area contributed by atoms with E-state index in [-0.39, 0.29) is 29.9 Å². The van der Waals surface area contributed by atoms with Gasteiger partial charge in [-0.25, -0.2) is 4.39 Å². The van der Waals surface area contributed by atoms with Crippen molar-refractivity contribution in [3.8, 4) is 5.75 Å². The largest absolute Gasteiger partial charge is 0.489 e. The predicted molar refractivity (Wildman–Crippen MR) is 125 cm³/mol. The summed E-state index contributed by atoms with van der Waals surface area (Å²) in [6, 6.07) is 18.4. The fourth-order valence-corrected chi connectivity index (χ4v) is 4.23. The molecule has 3 aromatic rings. The first kappa shape index (κ1) is 22.4. The Balaban J connectivity index is 1.42. The summed E-state index contributed by atoms with van der Waals surface area (Å²) in [6.07, 6.45) is 1.66. The molecule has 1 fully saturated rings. The third kappa shape index (κ3) is 5.15. The number of hydrogen-bond donors (Lipinski definition) is 0. The molecule has 1 aliphatic heterocycles. The van der Waals surface area contributed by atoms with E-state index in [2.05, 4.69) is 0 Å². The Morgan fingerprint density at radius 2 is 1.69 bits per heavy atom. The van der Waals surface area contributed by atoms with Crippen molar-refractivity contribution in [3.63, 3.8) is 0 Å². The van der Waals surface area contributed by atoms with Crippen molar-refractivity contribution in [3.05, 3.63) is 104 Å². The average molecular weight is 488 g/mol. The minimum atomic E-state index is -0.427. The number of thioether (sulfide) groups is 1. The highest BCUT2D eigenvalue weighted by molar-refractivity contribution is 8.18. The van der Waals surface area contributed by atoms with E-state index >= 15 is 0 Å². The van der Waals surface area contributed by atoms with Gasteiger partial charge in [-0.05, 0) is 65.4 Å². The maximum absolute atomic E-state index is 13.9. The number of halogens is 3. The summed E-state index contributed by atoms with van der Waals surface area (Å²) >= 11 is 12.8. The van der Waals surface area contributed by atoms with Crippen molar-refractivity contribution < 1.29 is 18.7 Å². The molecule has 162 valence electrons. The molecule has 0 atom stereocenters. The highest BCUT2D eigenvalue weighted by Crippen LogP contribution is 2.33. The summed E-state index contributed by atoms with van der Waals surface area (Å²) in [4.78, 5) is 26.6. The molecule has 2 amide bonds. The molecule has 1 heterocycles. The SMILES string of the molecule is O=C1S/C(=C\c2ccc(OCc3c(F)cccc3Cl)cc2)C(=O)N1Cc1ccc(Cl)cc1. The molecule has 0 unspecified atom stereocenters. The molecule has 0 radical (unpaired) electrons. The molecule has 1 saturated heterocycles. The Morgan fingerprint density at radius 1 is 0.969 bits per heavy atom. The van der Waals surface area contributed by atoms with Crippen LogP contribution in [-0.2, 0) is 17.9 Å². The molecule has 3 aromatic carbocycles. The van der Waals surface area contributed by atoms with Crippen LogP contribution in [0.4, 0.5) is 9.18 Å². The van der Waals surface area contributed by atoms with Crippen molar-refractivity contribution in [2.45, 2.75) is 13.2 Å². The fourth-order valence-electron chi connectivity index (χ4n) is 3.05. The molecule has 0 saturated carbocycles. The molecule has 1 aliphatic rings. The van der Waals surface area contributed by atoms with Crippen molar-refractivity contribution in [1.29, 1.82) is 0 Å². The van der Waals surface area contributed by atoms with Gasteiger partial charge in [-0.3, -0.25) is 14.5 Å². The van der Waals surface area contributed by atoms with Gasteiger partial charge in [0, 0.05) is 10.6 Å². The van der Waals surface area contributed by atoms with Gasteiger partial charge in [0.05, 0.1) is 16.5 Å². The zero-order chi connectivity index (χ0) is 22.7. The van der Waals surface area contributed by atoms with Gasteiger partial charge in [0.2, 0.25) is 0 Å². The Labute approximate surface area is 198 Å². The summed E-state index contributed by atoms with van der Waals surface area (Å²) in [5.74, 6) is -0.245. The zero-order valence-electron chi connectivity index (χ0n) is 16.6. The van der Waals surface area contributed by atoms with E-state index in [1.807, 2.05) is 0 Å². The standard InChI is InChI=1S/C24H16Cl2FNO3S/c25-17-8-4-16(5-9-17)13-28-23(29)22(32-24(28)30)12-15-6-10-18(11-7-15)31-14-19-20(26)2-1-3-21(19)27/h1-12H,13-14H2/b22-12-. The van der Waals surface area contributed by atoms with Crippen LogP contribution in [0.15, 0.2) is 71.6 Å². The normalized spacial score (nSPS) is 15.0. The molecule has 32 heavy (non-hydrogen) atoms. The molecule has 0 N–H and O–H groups in total. The maximum atomic E-state index is 13.9. The minimum absolute atomic E-state index is 0.00552. The number of nitrogens with zero attached hydrogens (tertiary/aromatic N) is 1. The van der Waals surface area contributed by atoms with Crippen LogP contribution >= 0.6 is 35.0 Å². The summed E-state index contributed by atoms with van der Waals surface area (Å²) in [5, 5.41) is 0.570. The van der Waals surface area contributed by atoms with E-state index in [4.69, 9.17) is 27.9 Å². The number of rotatable bonds is 6. The summed E-state index contributed by atoms with van der Waals surface area (Å²) in [7, 11) is 0. The van der Waals surface area contributed by atoms with Gasteiger partial charge < -0.3 is 4.74 Å². The van der Waals surface area contributed by atoms with Gasteiger partial charge in [0.15, 0.2) is 0 Å². The summed E-state index contributed by atoms with van der Waals surface area (Å²) in [5.41, 5.74) is 1.83. The quantitative estimate of drug-likeness (QED) is 0.353. The topological polar surface area (TPSA) is 46.6 Å². The van der Waals surface area contributed by atoms with Crippen molar-refractivity contribution >= 4 is 52.2 Å². The van der Waals surface area contributed by atoms with Gasteiger partial charge in [0.1, 0.15) is 18.2 Å². The molecule has 0 bridgehead atoms. The van der Waals surface area contributed by atoms with Crippen molar-refractivity contribution in [2.75, 3.05) is 0 Å². The lowest BCUT2D eigenvalue weighted by atomic mass is 10.2. The molecule has 0 spiro atoms. The first-order valence-corrected chi connectivity index (χ1v) is 11.1. The minimum Gasteiger partial charge on any atom is -0.489 e. The second-order valence-electron chi connectivity index (χ2n) is 6.95. The third-order valence-corrected chi connectivity index (χ3v) is 6.26. The highest BCUT2D eigenvalue weighted by atomic mass is 35.5. The van der Waals surface area contributed by atoms with Crippen LogP contribution in [0.1, 0.15) is 16.7 Å². The van der Waals surface area contributed by atoms with Crippen LogP contribution in [0.5, 0.6) is 5.75 Å². The van der Waals surface area contributed by atoms with Gasteiger partial charge >= 0.3 is 0 Å². The molecule has 4 nitrogen and oxygen atoms in total. The number of imide groups is 1. The van der Waals surface area contributed by atoms with Crippen LogP contribution in [0.2, 0.25) is 10.0 Å². The number of hydrogen-bond acceptors (Lipinski definition) is 4. The van der Waals surface area contributed by atoms with Crippen LogP contribution in [-0.4, -0.2) is 16.0 Å². The van der Waals surface area contributed by atoms with Crippen LogP contribution in [0.3, 0.4) is 0 Å². The van der Waals surface area contributed by atoms with E-state index in [0.29, 0.717) is 20.7 Å². The number of benzene rings is 3. The molecule has 8 heteroatoms. The van der Waals surface area contributed by atoms with Gasteiger partial charge in [0.25, 0.3) is 11.1 Å². The Bertz CT molecular complexity index is 1180. The summed E-state index contributed by atoms with van der Waals surface area (Å²) in [6.45, 7) is 0.180. The molecule has 0 aliphatic carbocycles. The smallest absolute Gasteiger partial charge is 0.293 e. The van der Waals surface area contributed by atoms with E-state index in [1.54, 1.807) is 60.7 Å². The van der Waals surface area contributed by atoms with Gasteiger partial charge in [-0.1, -0.05) is 53.5 Å². The molecule has 0 aromatic heterocycles. The lowest BCUT2D eigenvalue weighted by Crippen LogP contribution is -2.27. The van der Waals surface area contributed by atoms with Gasteiger partial charge in [-0.15, -0.1) is 0 Å². The van der Waals surface area contributed by atoms with Crippen molar-refractivity contribution in [2.24, 2.45) is 0 Å². The second kappa shape index (κ2) is 9.77. The lowest BCUT2D eigenvalue weighted by Gasteiger charge is -2.12. The average Bonchev–Trinajstić information content (AvgIpc) is 3.03. The number of carbonyl (C=O) groups excluding carboxylic acids is 2. The van der Waals surface area contributed by atoms with Crippen LogP contribution < -0.4 is 4.74 Å². The number of carbonyl (C=O) groups is 2.